The number of rotatable bonds is 4. The summed E-state index contributed by atoms with van der Waals surface area (Å²) in [6, 6.07) is 0. The predicted octanol–water partition coefficient (Wildman–Crippen LogP) is 0.853. The van der Waals surface area contributed by atoms with E-state index in [2.05, 4.69) is 15.6 Å². The van der Waals surface area contributed by atoms with E-state index < -0.39 is 0 Å². The molecule has 1 aromatic heterocycles. The number of nitrogens with zero attached hydrogens (tertiary/aromatic N) is 1. The molecule has 2 rings (SSSR count). The van der Waals surface area contributed by atoms with Crippen molar-refractivity contribution in [3.63, 3.8) is 0 Å². The number of hydrogen-bond acceptors (Lipinski definition) is 4. The molecule has 1 amide bonds. The Hall–Kier alpha value is -1.36. The van der Waals surface area contributed by atoms with Crippen LogP contribution < -0.4 is 10.6 Å². The zero-order valence-corrected chi connectivity index (χ0v) is 10.2. The third-order valence-electron chi connectivity index (χ3n) is 3.03. The second-order valence-corrected chi connectivity index (χ2v) is 4.33. The van der Waals surface area contributed by atoms with Crippen LogP contribution in [0.5, 0.6) is 0 Å². The van der Waals surface area contributed by atoms with E-state index in [0.717, 1.165) is 38.1 Å². The monoisotopic (exact) mass is 237 g/mol. The number of aryl methyl sites for hydroxylation is 1. The van der Waals surface area contributed by atoms with Gasteiger partial charge < -0.3 is 15.1 Å². The largest absolute Gasteiger partial charge is 0.444 e. The van der Waals surface area contributed by atoms with Crippen LogP contribution in [0.3, 0.4) is 0 Å². The van der Waals surface area contributed by atoms with Gasteiger partial charge in [0.1, 0.15) is 5.76 Å². The van der Waals surface area contributed by atoms with Crippen molar-refractivity contribution in [2.45, 2.75) is 32.7 Å². The van der Waals surface area contributed by atoms with E-state index in [9.17, 15) is 4.79 Å². The molecule has 1 unspecified atom stereocenters. The van der Waals surface area contributed by atoms with E-state index >= 15 is 0 Å². The molecule has 2 N–H and O–H groups in total. The molecular formula is C12H19N3O2. The highest BCUT2D eigenvalue weighted by molar-refractivity contribution is 5.78. The molecule has 1 aliphatic rings. The SMILES string of the molecule is CCc1cnc(CNC(=O)C2CCCNC2)o1. The second kappa shape index (κ2) is 5.82. The van der Waals surface area contributed by atoms with Gasteiger partial charge in [0.05, 0.1) is 18.7 Å². The zero-order chi connectivity index (χ0) is 12.1. The van der Waals surface area contributed by atoms with Gasteiger partial charge >= 0.3 is 0 Å². The molecule has 0 bridgehead atoms. The summed E-state index contributed by atoms with van der Waals surface area (Å²) in [5.74, 6) is 1.62. The maximum atomic E-state index is 11.8. The van der Waals surface area contributed by atoms with Gasteiger partial charge in [0.2, 0.25) is 11.8 Å². The molecule has 2 heterocycles. The van der Waals surface area contributed by atoms with E-state index in [-0.39, 0.29) is 11.8 Å². The van der Waals surface area contributed by atoms with E-state index in [1.165, 1.54) is 0 Å². The molecular weight excluding hydrogens is 218 g/mol. The molecule has 0 saturated carbocycles. The van der Waals surface area contributed by atoms with Crippen LogP contribution in [0, 0.1) is 5.92 Å². The first-order valence-electron chi connectivity index (χ1n) is 6.21. The minimum absolute atomic E-state index is 0.0874. The first-order chi connectivity index (χ1) is 8.29. The Morgan fingerprint density at radius 3 is 3.24 bits per heavy atom. The van der Waals surface area contributed by atoms with E-state index in [0.29, 0.717) is 12.4 Å². The fraction of sp³-hybridized carbons (Fsp3) is 0.667. The molecule has 0 aliphatic carbocycles. The minimum atomic E-state index is 0.0874. The Kier molecular flexibility index (Phi) is 4.14. The lowest BCUT2D eigenvalue weighted by molar-refractivity contribution is -0.125. The fourth-order valence-electron chi connectivity index (χ4n) is 1.98. The number of amides is 1. The standard InChI is InChI=1S/C12H19N3O2/c1-2-10-7-14-11(17-10)8-15-12(16)9-4-3-5-13-6-9/h7,9,13H,2-6,8H2,1H3,(H,15,16). The molecule has 1 saturated heterocycles. The van der Waals surface area contributed by atoms with Gasteiger partial charge in [0.15, 0.2) is 0 Å². The average molecular weight is 237 g/mol. The molecule has 0 radical (unpaired) electrons. The van der Waals surface area contributed by atoms with E-state index in [4.69, 9.17) is 4.42 Å². The number of carbonyl (C=O) groups excluding carboxylic acids is 1. The van der Waals surface area contributed by atoms with Crippen LogP contribution in [-0.2, 0) is 17.8 Å². The maximum absolute atomic E-state index is 11.8. The van der Waals surface area contributed by atoms with Crippen LogP contribution in [0.1, 0.15) is 31.4 Å². The number of hydrogen-bond donors (Lipinski definition) is 2. The Balaban J connectivity index is 1.78. The van der Waals surface area contributed by atoms with Crippen LogP contribution in [0.15, 0.2) is 10.6 Å². The lowest BCUT2D eigenvalue weighted by Gasteiger charge is -2.21. The summed E-state index contributed by atoms with van der Waals surface area (Å²) in [6.45, 7) is 4.19. The Labute approximate surface area is 101 Å². The van der Waals surface area contributed by atoms with Crippen LogP contribution >= 0.6 is 0 Å². The molecule has 1 aromatic rings. The summed E-state index contributed by atoms with van der Waals surface area (Å²) < 4.78 is 5.43. The summed E-state index contributed by atoms with van der Waals surface area (Å²) in [7, 11) is 0. The predicted molar refractivity (Wildman–Crippen MR) is 63.3 cm³/mol. The van der Waals surface area contributed by atoms with Crippen LogP contribution in [0.4, 0.5) is 0 Å². The highest BCUT2D eigenvalue weighted by Gasteiger charge is 2.20. The first kappa shape index (κ1) is 12.1. The summed E-state index contributed by atoms with van der Waals surface area (Å²) in [6.07, 6.45) is 4.57. The molecule has 5 heteroatoms. The van der Waals surface area contributed by atoms with Crippen molar-refractivity contribution < 1.29 is 9.21 Å². The lowest BCUT2D eigenvalue weighted by atomic mass is 9.99. The maximum Gasteiger partial charge on any atom is 0.224 e. The van der Waals surface area contributed by atoms with Gasteiger partial charge in [-0.2, -0.15) is 0 Å². The fourth-order valence-corrected chi connectivity index (χ4v) is 1.98. The van der Waals surface area contributed by atoms with Crippen molar-refractivity contribution >= 4 is 5.91 Å². The molecule has 0 aromatic carbocycles. The highest BCUT2D eigenvalue weighted by Crippen LogP contribution is 2.10. The number of piperidine rings is 1. The second-order valence-electron chi connectivity index (χ2n) is 4.33. The number of aromatic nitrogens is 1. The quantitative estimate of drug-likeness (QED) is 0.814. The van der Waals surface area contributed by atoms with E-state index in [1.807, 2.05) is 6.92 Å². The third kappa shape index (κ3) is 3.30. The summed E-state index contributed by atoms with van der Waals surface area (Å²) >= 11 is 0. The Morgan fingerprint density at radius 2 is 2.59 bits per heavy atom. The summed E-state index contributed by atoms with van der Waals surface area (Å²) in [4.78, 5) is 15.9. The normalized spacial score (nSPS) is 20.2. The third-order valence-corrected chi connectivity index (χ3v) is 3.03. The Morgan fingerprint density at radius 1 is 1.71 bits per heavy atom. The van der Waals surface area contributed by atoms with Crippen LogP contribution in [-0.4, -0.2) is 24.0 Å². The van der Waals surface area contributed by atoms with Gasteiger partial charge in [-0.15, -0.1) is 0 Å². The van der Waals surface area contributed by atoms with Crippen molar-refractivity contribution in [1.82, 2.24) is 15.6 Å². The zero-order valence-electron chi connectivity index (χ0n) is 10.2. The Bertz CT molecular complexity index is 370. The summed E-state index contributed by atoms with van der Waals surface area (Å²) in [5, 5.41) is 6.10. The molecule has 1 aliphatic heterocycles. The highest BCUT2D eigenvalue weighted by atomic mass is 16.4. The van der Waals surface area contributed by atoms with Gasteiger partial charge in [-0.3, -0.25) is 4.79 Å². The van der Waals surface area contributed by atoms with Gasteiger partial charge in [-0.25, -0.2) is 4.98 Å². The van der Waals surface area contributed by atoms with Crippen molar-refractivity contribution in [1.29, 1.82) is 0 Å². The summed E-state index contributed by atoms with van der Waals surface area (Å²) in [5.41, 5.74) is 0. The van der Waals surface area contributed by atoms with Gasteiger partial charge in [0, 0.05) is 13.0 Å². The van der Waals surface area contributed by atoms with E-state index in [1.54, 1.807) is 6.20 Å². The van der Waals surface area contributed by atoms with Crippen molar-refractivity contribution in [3.05, 3.63) is 17.8 Å². The number of carbonyl (C=O) groups is 1. The van der Waals surface area contributed by atoms with Gasteiger partial charge in [-0.05, 0) is 19.4 Å². The molecule has 0 spiro atoms. The average Bonchev–Trinajstić information content (AvgIpc) is 2.85. The first-order valence-corrected chi connectivity index (χ1v) is 6.21. The topological polar surface area (TPSA) is 67.2 Å². The van der Waals surface area contributed by atoms with Crippen LogP contribution in [0.25, 0.3) is 0 Å². The molecule has 17 heavy (non-hydrogen) atoms. The van der Waals surface area contributed by atoms with Crippen molar-refractivity contribution in [2.75, 3.05) is 13.1 Å². The molecule has 5 nitrogen and oxygen atoms in total. The van der Waals surface area contributed by atoms with Gasteiger partial charge in [0.25, 0.3) is 0 Å². The lowest BCUT2D eigenvalue weighted by Crippen LogP contribution is -2.40. The number of oxazole rings is 1. The van der Waals surface area contributed by atoms with Crippen molar-refractivity contribution in [3.8, 4) is 0 Å². The smallest absolute Gasteiger partial charge is 0.224 e. The minimum Gasteiger partial charge on any atom is -0.444 e. The molecule has 1 fully saturated rings. The van der Waals surface area contributed by atoms with Gasteiger partial charge in [-0.1, -0.05) is 6.92 Å². The van der Waals surface area contributed by atoms with Crippen molar-refractivity contribution in [2.24, 2.45) is 5.92 Å². The van der Waals surface area contributed by atoms with Crippen LogP contribution in [0.2, 0.25) is 0 Å². The molecule has 94 valence electrons. The number of nitrogens with one attached hydrogen (secondary N) is 2. The molecule has 1 atom stereocenters.